The van der Waals surface area contributed by atoms with Crippen LogP contribution in [0.2, 0.25) is 0 Å². The maximum absolute atomic E-state index is 12.6. The standard InChI is InChI=1S/C21H29N3O5/c1-28-17-9-7-14(13-18(17)29-2)11-12-24-20(26)16(23-21(24)27)8-10-19(25)22-15-5-3-4-6-15/h7,9,13,15-16H,3-6,8,10-12H2,1-2H3,(H,22,25)(H,23,27). The summed E-state index contributed by atoms with van der Waals surface area (Å²) in [4.78, 5) is 38.1. The third-order valence-electron chi connectivity index (χ3n) is 5.56. The monoisotopic (exact) mass is 403 g/mol. The first kappa shape index (κ1) is 21.0. The minimum absolute atomic E-state index is 0.0530. The van der Waals surface area contributed by atoms with E-state index >= 15 is 0 Å². The van der Waals surface area contributed by atoms with Gasteiger partial charge in [0.05, 0.1) is 14.2 Å². The van der Waals surface area contributed by atoms with Crippen LogP contribution in [0.3, 0.4) is 0 Å². The molecule has 1 aliphatic carbocycles. The molecule has 0 bridgehead atoms. The Kier molecular flexibility index (Phi) is 6.95. The van der Waals surface area contributed by atoms with Gasteiger partial charge in [-0.3, -0.25) is 14.5 Å². The number of rotatable bonds is 9. The molecular weight excluding hydrogens is 374 g/mol. The van der Waals surface area contributed by atoms with Crippen LogP contribution in [0.15, 0.2) is 18.2 Å². The van der Waals surface area contributed by atoms with Crippen molar-refractivity contribution in [3.8, 4) is 11.5 Å². The van der Waals surface area contributed by atoms with E-state index in [2.05, 4.69) is 10.6 Å². The molecule has 1 saturated carbocycles. The van der Waals surface area contributed by atoms with Gasteiger partial charge in [0.25, 0.3) is 5.91 Å². The van der Waals surface area contributed by atoms with Crippen LogP contribution in [0.5, 0.6) is 11.5 Å². The van der Waals surface area contributed by atoms with Crippen LogP contribution in [0.4, 0.5) is 4.79 Å². The molecule has 0 aromatic heterocycles. The number of amides is 4. The van der Waals surface area contributed by atoms with Crippen molar-refractivity contribution in [2.45, 2.75) is 57.0 Å². The van der Waals surface area contributed by atoms with Crippen molar-refractivity contribution in [3.63, 3.8) is 0 Å². The molecule has 8 heteroatoms. The highest BCUT2D eigenvalue weighted by molar-refractivity contribution is 6.04. The van der Waals surface area contributed by atoms with E-state index in [9.17, 15) is 14.4 Å². The van der Waals surface area contributed by atoms with Crippen LogP contribution in [-0.4, -0.2) is 55.6 Å². The summed E-state index contributed by atoms with van der Waals surface area (Å²) >= 11 is 0. The molecule has 158 valence electrons. The van der Waals surface area contributed by atoms with Gasteiger partial charge in [0.1, 0.15) is 6.04 Å². The summed E-state index contributed by atoms with van der Waals surface area (Å²) in [6.07, 6.45) is 5.40. The van der Waals surface area contributed by atoms with Gasteiger partial charge in [-0.05, 0) is 43.4 Å². The molecule has 4 amide bonds. The lowest BCUT2D eigenvalue weighted by atomic mass is 10.1. The Labute approximate surface area is 170 Å². The normalized spacial score (nSPS) is 19.4. The highest BCUT2D eigenvalue weighted by atomic mass is 16.5. The number of carbonyl (C=O) groups is 3. The first-order chi connectivity index (χ1) is 14.0. The summed E-state index contributed by atoms with van der Waals surface area (Å²) in [5.41, 5.74) is 0.933. The van der Waals surface area contributed by atoms with Crippen molar-refractivity contribution >= 4 is 17.8 Å². The van der Waals surface area contributed by atoms with Crippen LogP contribution in [0, 0.1) is 0 Å². The number of nitrogens with zero attached hydrogens (tertiary/aromatic N) is 1. The third-order valence-corrected chi connectivity index (χ3v) is 5.56. The van der Waals surface area contributed by atoms with E-state index in [1.54, 1.807) is 20.3 Å². The second-order valence-corrected chi connectivity index (χ2v) is 7.52. The van der Waals surface area contributed by atoms with E-state index in [0.29, 0.717) is 24.3 Å². The molecule has 8 nitrogen and oxygen atoms in total. The van der Waals surface area contributed by atoms with Gasteiger partial charge in [-0.15, -0.1) is 0 Å². The third kappa shape index (κ3) is 5.19. The second-order valence-electron chi connectivity index (χ2n) is 7.52. The Morgan fingerprint density at radius 1 is 1.17 bits per heavy atom. The summed E-state index contributed by atoms with van der Waals surface area (Å²) in [5.74, 6) is 0.905. The van der Waals surface area contributed by atoms with E-state index in [-0.39, 0.29) is 30.8 Å². The average Bonchev–Trinajstić information content (AvgIpc) is 3.32. The number of hydrogen-bond donors (Lipinski definition) is 2. The van der Waals surface area contributed by atoms with Gasteiger partial charge in [0.2, 0.25) is 5.91 Å². The number of imide groups is 1. The Balaban J connectivity index is 1.49. The molecule has 1 atom stereocenters. The molecule has 0 radical (unpaired) electrons. The topological polar surface area (TPSA) is 97.0 Å². The molecule has 29 heavy (non-hydrogen) atoms. The molecule has 3 rings (SSSR count). The summed E-state index contributed by atoms with van der Waals surface area (Å²) in [6, 6.07) is 4.73. The Hall–Kier alpha value is -2.77. The summed E-state index contributed by atoms with van der Waals surface area (Å²) < 4.78 is 10.5. The fourth-order valence-corrected chi connectivity index (χ4v) is 3.91. The summed E-state index contributed by atoms with van der Waals surface area (Å²) in [5, 5.41) is 5.70. The van der Waals surface area contributed by atoms with Gasteiger partial charge in [-0.25, -0.2) is 4.79 Å². The molecule has 1 unspecified atom stereocenters. The lowest BCUT2D eigenvalue weighted by molar-refractivity contribution is -0.127. The average molecular weight is 403 g/mol. The van der Waals surface area contributed by atoms with E-state index in [0.717, 1.165) is 31.2 Å². The maximum atomic E-state index is 12.6. The zero-order valence-corrected chi connectivity index (χ0v) is 17.0. The second kappa shape index (κ2) is 9.62. The summed E-state index contributed by atoms with van der Waals surface area (Å²) in [6.45, 7) is 0.269. The number of methoxy groups -OCH3 is 2. The number of nitrogens with one attached hydrogen (secondary N) is 2. The lowest BCUT2D eigenvalue weighted by Crippen LogP contribution is -2.36. The lowest BCUT2D eigenvalue weighted by Gasteiger charge is -2.15. The minimum atomic E-state index is -0.637. The number of hydrogen-bond acceptors (Lipinski definition) is 5. The number of urea groups is 1. The Morgan fingerprint density at radius 2 is 1.90 bits per heavy atom. The van der Waals surface area contributed by atoms with Crippen LogP contribution in [-0.2, 0) is 16.0 Å². The van der Waals surface area contributed by atoms with Crippen LogP contribution < -0.4 is 20.1 Å². The molecule has 1 aliphatic heterocycles. The highest BCUT2D eigenvalue weighted by Crippen LogP contribution is 2.28. The first-order valence-corrected chi connectivity index (χ1v) is 10.1. The smallest absolute Gasteiger partial charge is 0.324 e. The van der Waals surface area contributed by atoms with Gasteiger partial charge in [0, 0.05) is 19.0 Å². The number of benzene rings is 1. The van der Waals surface area contributed by atoms with Gasteiger partial charge in [-0.1, -0.05) is 18.9 Å². The molecule has 2 fully saturated rings. The number of ether oxygens (including phenoxy) is 2. The fourth-order valence-electron chi connectivity index (χ4n) is 3.91. The zero-order chi connectivity index (χ0) is 20.8. The van der Waals surface area contributed by atoms with E-state index in [1.165, 1.54) is 4.90 Å². The molecule has 1 saturated heterocycles. The fraction of sp³-hybridized carbons (Fsp3) is 0.571. The molecule has 2 N–H and O–H groups in total. The van der Waals surface area contributed by atoms with Gasteiger partial charge in [0.15, 0.2) is 11.5 Å². The highest BCUT2D eigenvalue weighted by Gasteiger charge is 2.37. The molecule has 0 spiro atoms. The van der Waals surface area contributed by atoms with Crippen molar-refractivity contribution in [2.75, 3.05) is 20.8 Å². The summed E-state index contributed by atoms with van der Waals surface area (Å²) in [7, 11) is 3.13. The Morgan fingerprint density at radius 3 is 2.59 bits per heavy atom. The van der Waals surface area contributed by atoms with Crippen LogP contribution in [0.1, 0.15) is 44.1 Å². The van der Waals surface area contributed by atoms with Crippen LogP contribution in [0.25, 0.3) is 0 Å². The molecule has 1 aromatic carbocycles. The molecular formula is C21H29N3O5. The molecule has 1 heterocycles. The van der Waals surface area contributed by atoms with Crippen molar-refractivity contribution in [1.82, 2.24) is 15.5 Å². The zero-order valence-electron chi connectivity index (χ0n) is 17.0. The van der Waals surface area contributed by atoms with Crippen molar-refractivity contribution < 1.29 is 23.9 Å². The van der Waals surface area contributed by atoms with E-state index in [4.69, 9.17) is 9.47 Å². The SMILES string of the molecule is COc1ccc(CCN2C(=O)NC(CCC(=O)NC3CCCC3)C2=O)cc1OC. The van der Waals surface area contributed by atoms with Crippen molar-refractivity contribution in [2.24, 2.45) is 0 Å². The molecule has 2 aliphatic rings. The minimum Gasteiger partial charge on any atom is -0.493 e. The first-order valence-electron chi connectivity index (χ1n) is 10.1. The largest absolute Gasteiger partial charge is 0.493 e. The van der Waals surface area contributed by atoms with Gasteiger partial charge in [-0.2, -0.15) is 0 Å². The Bertz CT molecular complexity index is 761. The maximum Gasteiger partial charge on any atom is 0.324 e. The van der Waals surface area contributed by atoms with E-state index in [1.807, 2.05) is 12.1 Å². The molecule has 1 aromatic rings. The van der Waals surface area contributed by atoms with Crippen molar-refractivity contribution in [1.29, 1.82) is 0 Å². The van der Waals surface area contributed by atoms with Gasteiger partial charge >= 0.3 is 6.03 Å². The predicted octanol–water partition coefficient (Wildman–Crippen LogP) is 2.01. The quantitative estimate of drug-likeness (QED) is 0.615. The van der Waals surface area contributed by atoms with Crippen molar-refractivity contribution in [3.05, 3.63) is 23.8 Å². The predicted molar refractivity (Wildman–Crippen MR) is 107 cm³/mol. The number of carbonyl (C=O) groups excluding carboxylic acids is 3. The van der Waals surface area contributed by atoms with Crippen LogP contribution >= 0.6 is 0 Å². The van der Waals surface area contributed by atoms with Gasteiger partial charge < -0.3 is 20.1 Å². The van der Waals surface area contributed by atoms with E-state index < -0.39 is 12.1 Å².